The van der Waals surface area contributed by atoms with Crippen molar-refractivity contribution in [3.8, 4) is 0 Å². The van der Waals surface area contributed by atoms with Gasteiger partial charge in [0.15, 0.2) is 0 Å². The largest absolute Gasteiger partial charge is 0.368 e. The van der Waals surface area contributed by atoms with Crippen LogP contribution in [0, 0.1) is 22.0 Å². The van der Waals surface area contributed by atoms with E-state index in [-0.39, 0.29) is 24.4 Å². The van der Waals surface area contributed by atoms with E-state index in [0.717, 1.165) is 38.8 Å². The number of hydrogen-bond donors (Lipinski definition) is 0. The Bertz CT molecular complexity index is 363. The fourth-order valence-electron chi connectivity index (χ4n) is 2.78. The van der Waals surface area contributed by atoms with Gasteiger partial charge in [-0.15, -0.1) is 15.2 Å². The lowest BCUT2D eigenvalue weighted by Gasteiger charge is -2.32. The molecule has 8 nitrogen and oxygen atoms in total. The standard InChI is InChI=1S/C13H23N3O5/c1-14-6-4-12(5-7-14)13(17)21-15-8-2-11(3-9-15)10-20-16(18)19/h11-12H,2-10H2,1H3. The summed E-state index contributed by atoms with van der Waals surface area (Å²) in [7, 11) is 2.05. The minimum Gasteiger partial charge on any atom is -0.368 e. The van der Waals surface area contributed by atoms with E-state index in [1.807, 2.05) is 0 Å². The predicted octanol–water partition coefficient (Wildman–Crippen LogP) is 0.707. The van der Waals surface area contributed by atoms with Gasteiger partial charge in [0.2, 0.25) is 0 Å². The van der Waals surface area contributed by atoms with Gasteiger partial charge in [-0.3, -0.25) is 4.79 Å². The molecule has 0 amide bonds. The van der Waals surface area contributed by atoms with Crippen LogP contribution in [0.2, 0.25) is 0 Å². The highest BCUT2D eigenvalue weighted by atomic mass is 16.9. The van der Waals surface area contributed by atoms with Crippen LogP contribution in [0.1, 0.15) is 25.7 Å². The second kappa shape index (κ2) is 7.56. The number of piperidine rings is 2. The Morgan fingerprint density at radius 2 is 1.81 bits per heavy atom. The van der Waals surface area contributed by atoms with Crippen LogP contribution in [0.4, 0.5) is 0 Å². The molecule has 2 fully saturated rings. The van der Waals surface area contributed by atoms with Gasteiger partial charge >= 0.3 is 5.97 Å². The second-order valence-corrected chi connectivity index (χ2v) is 5.88. The van der Waals surface area contributed by atoms with Gasteiger partial charge in [0.05, 0.1) is 12.5 Å². The molecule has 0 atom stereocenters. The summed E-state index contributed by atoms with van der Waals surface area (Å²) in [5, 5.41) is 11.1. The van der Waals surface area contributed by atoms with Gasteiger partial charge in [-0.05, 0) is 51.7 Å². The van der Waals surface area contributed by atoms with Crippen molar-refractivity contribution in [1.29, 1.82) is 0 Å². The average molecular weight is 301 g/mol. The van der Waals surface area contributed by atoms with Crippen LogP contribution < -0.4 is 0 Å². The third kappa shape index (κ3) is 5.13. The van der Waals surface area contributed by atoms with Crippen LogP contribution >= 0.6 is 0 Å². The molecular formula is C13H23N3O5. The number of likely N-dealkylation sites (tertiary alicyclic amines) is 1. The molecule has 0 spiro atoms. The summed E-state index contributed by atoms with van der Waals surface area (Å²) < 4.78 is 0. The van der Waals surface area contributed by atoms with E-state index in [1.165, 1.54) is 0 Å². The lowest BCUT2D eigenvalue weighted by molar-refractivity contribution is -0.759. The molecule has 0 unspecified atom stereocenters. The zero-order valence-corrected chi connectivity index (χ0v) is 12.4. The lowest BCUT2D eigenvalue weighted by atomic mass is 9.97. The van der Waals surface area contributed by atoms with Crippen molar-refractivity contribution < 1.29 is 19.6 Å². The van der Waals surface area contributed by atoms with Crippen LogP contribution in [0.5, 0.6) is 0 Å². The molecule has 0 aromatic rings. The molecule has 21 heavy (non-hydrogen) atoms. The molecule has 0 aromatic heterocycles. The Morgan fingerprint density at radius 1 is 1.19 bits per heavy atom. The van der Waals surface area contributed by atoms with E-state index in [0.29, 0.717) is 13.1 Å². The Hall–Kier alpha value is -1.41. The van der Waals surface area contributed by atoms with Crippen molar-refractivity contribution >= 4 is 5.97 Å². The molecule has 2 heterocycles. The maximum atomic E-state index is 12.1. The van der Waals surface area contributed by atoms with E-state index < -0.39 is 5.09 Å². The molecule has 0 radical (unpaired) electrons. The molecule has 0 saturated carbocycles. The van der Waals surface area contributed by atoms with Crippen molar-refractivity contribution in [3.63, 3.8) is 0 Å². The molecule has 0 aromatic carbocycles. The minimum absolute atomic E-state index is 0.00302. The number of nitrogens with zero attached hydrogens (tertiary/aromatic N) is 3. The number of carbonyl (C=O) groups is 1. The summed E-state index contributed by atoms with van der Waals surface area (Å²) in [5.74, 6) is 0.0218. The zero-order valence-electron chi connectivity index (χ0n) is 12.4. The van der Waals surface area contributed by atoms with E-state index in [4.69, 9.17) is 4.84 Å². The smallest absolute Gasteiger partial charge is 0.328 e. The van der Waals surface area contributed by atoms with E-state index in [9.17, 15) is 14.9 Å². The number of rotatable bonds is 5. The zero-order chi connectivity index (χ0) is 15.2. The summed E-state index contributed by atoms with van der Waals surface area (Å²) in [6.07, 6.45) is 3.19. The third-order valence-electron chi connectivity index (χ3n) is 4.26. The highest BCUT2D eigenvalue weighted by Gasteiger charge is 2.28. The Morgan fingerprint density at radius 3 is 2.38 bits per heavy atom. The highest BCUT2D eigenvalue weighted by Crippen LogP contribution is 2.21. The topological polar surface area (TPSA) is 85.2 Å². The quantitative estimate of drug-likeness (QED) is 0.546. The second-order valence-electron chi connectivity index (χ2n) is 5.88. The summed E-state index contributed by atoms with van der Waals surface area (Å²) in [6, 6.07) is 0. The van der Waals surface area contributed by atoms with E-state index in [2.05, 4.69) is 16.8 Å². The van der Waals surface area contributed by atoms with Crippen LogP contribution in [-0.2, 0) is 14.5 Å². The van der Waals surface area contributed by atoms with Crippen LogP contribution in [0.15, 0.2) is 0 Å². The number of hydrogen-bond acceptors (Lipinski definition) is 7. The third-order valence-corrected chi connectivity index (χ3v) is 4.26. The Labute approximate surface area is 124 Å². The number of carbonyl (C=O) groups excluding carboxylic acids is 1. The minimum atomic E-state index is -0.757. The lowest BCUT2D eigenvalue weighted by Crippen LogP contribution is -2.40. The van der Waals surface area contributed by atoms with Crippen molar-refractivity contribution in [2.75, 3.05) is 39.8 Å². The van der Waals surface area contributed by atoms with Gasteiger partial charge in [0.25, 0.3) is 5.09 Å². The normalized spacial score (nSPS) is 22.9. The monoisotopic (exact) mass is 301 g/mol. The molecule has 2 saturated heterocycles. The molecular weight excluding hydrogens is 278 g/mol. The van der Waals surface area contributed by atoms with Crippen LogP contribution in [-0.4, -0.2) is 60.9 Å². The average Bonchev–Trinajstić information content (AvgIpc) is 2.47. The van der Waals surface area contributed by atoms with Gasteiger partial charge in [-0.2, -0.15) is 0 Å². The maximum absolute atomic E-state index is 12.1. The van der Waals surface area contributed by atoms with Crippen LogP contribution in [0.25, 0.3) is 0 Å². The Balaban J connectivity index is 1.66. The van der Waals surface area contributed by atoms with Crippen molar-refractivity contribution in [2.24, 2.45) is 11.8 Å². The highest BCUT2D eigenvalue weighted by molar-refractivity contribution is 5.72. The fourth-order valence-corrected chi connectivity index (χ4v) is 2.78. The molecule has 2 rings (SSSR count). The molecule has 8 heteroatoms. The molecule has 120 valence electrons. The van der Waals surface area contributed by atoms with Gasteiger partial charge in [-0.25, -0.2) is 0 Å². The molecule has 2 aliphatic rings. The summed E-state index contributed by atoms with van der Waals surface area (Å²) in [5.41, 5.74) is 0. The van der Waals surface area contributed by atoms with Gasteiger partial charge in [0, 0.05) is 13.1 Å². The first-order valence-corrected chi connectivity index (χ1v) is 7.47. The fraction of sp³-hybridized carbons (Fsp3) is 0.923. The molecule has 2 aliphatic heterocycles. The van der Waals surface area contributed by atoms with Crippen LogP contribution in [0.3, 0.4) is 0 Å². The predicted molar refractivity (Wildman–Crippen MR) is 73.6 cm³/mol. The summed E-state index contributed by atoms with van der Waals surface area (Å²) in [6.45, 7) is 3.22. The first kappa shape index (κ1) is 16.0. The van der Waals surface area contributed by atoms with Gasteiger partial charge in [-0.1, -0.05) is 0 Å². The summed E-state index contributed by atoms with van der Waals surface area (Å²) in [4.78, 5) is 34.3. The van der Waals surface area contributed by atoms with Crippen molar-refractivity contribution in [1.82, 2.24) is 9.96 Å². The SMILES string of the molecule is CN1CCC(C(=O)ON2CCC(CO[N+](=O)[O-])CC2)CC1. The van der Waals surface area contributed by atoms with Crippen molar-refractivity contribution in [2.45, 2.75) is 25.7 Å². The van der Waals surface area contributed by atoms with Crippen molar-refractivity contribution in [3.05, 3.63) is 10.1 Å². The first-order valence-electron chi connectivity index (χ1n) is 7.47. The number of hydroxylamine groups is 2. The maximum Gasteiger partial charge on any atom is 0.328 e. The van der Waals surface area contributed by atoms with Gasteiger partial charge < -0.3 is 14.6 Å². The van der Waals surface area contributed by atoms with E-state index in [1.54, 1.807) is 5.06 Å². The Kier molecular flexibility index (Phi) is 5.75. The molecule has 0 N–H and O–H groups in total. The van der Waals surface area contributed by atoms with Gasteiger partial charge in [0.1, 0.15) is 0 Å². The molecule has 0 aliphatic carbocycles. The molecule has 0 bridgehead atoms. The first-order chi connectivity index (χ1) is 10.0. The summed E-state index contributed by atoms with van der Waals surface area (Å²) >= 11 is 0. The van der Waals surface area contributed by atoms with E-state index >= 15 is 0 Å².